The third-order valence-corrected chi connectivity index (χ3v) is 9.12. The molecule has 2 heterocycles. The molecule has 0 saturated heterocycles. The van der Waals surface area contributed by atoms with Crippen molar-refractivity contribution in [1.82, 2.24) is 5.32 Å². The van der Waals surface area contributed by atoms with E-state index in [0.717, 1.165) is 30.3 Å². The van der Waals surface area contributed by atoms with Gasteiger partial charge in [0.05, 0.1) is 11.3 Å². The van der Waals surface area contributed by atoms with E-state index >= 15 is 0 Å². The first-order valence-corrected chi connectivity index (χ1v) is 12.2. The number of hydrazone groups is 1. The van der Waals surface area contributed by atoms with Crippen molar-refractivity contribution < 1.29 is 4.68 Å². The molecule has 1 aromatic carbocycles. The Morgan fingerprint density at radius 3 is 2.47 bits per heavy atom. The highest BCUT2D eigenvalue weighted by atomic mass is 15.6. The van der Waals surface area contributed by atoms with Crippen LogP contribution >= 0.6 is 0 Å². The Hall–Kier alpha value is -2.49. The van der Waals surface area contributed by atoms with Crippen molar-refractivity contribution in [3.05, 3.63) is 58.7 Å². The van der Waals surface area contributed by atoms with Gasteiger partial charge in [0.25, 0.3) is 12.0 Å². The Morgan fingerprint density at radius 2 is 1.94 bits per heavy atom. The average Bonchev–Trinajstić information content (AvgIpc) is 3.66. The van der Waals surface area contributed by atoms with Crippen LogP contribution in [0.4, 0.5) is 0 Å². The third kappa shape index (κ3) is 2.64. The second-order valence-corrected chi connectivity index (χ2v) is 10.2. The minimum Gasteiger partial charge on any atom is -0.292 e. The van der Waals surface area contributed by atoms with Crippen LogP contribution in [-0.4, -0.2) is 35.2 Å². The van der Waals surface area contributed by atoms with Crippen molar-refractivity contribution in [2.75, 3.05) is 7.05 Å². The summed E-state index contributed by atoms with van der Waals surface area (Å²) < 4.78 is 2.12. The molecular weight excluding hydrogens is 392 g/mol. The molecule has 0 amide bonds. The number of nitrogens with zero attached hydrogens (tertiary/aromatic N) is 3. The molecule has 2 aliphatic carbocycles. The van der Waals surface area contributed by atoms with Crippen molar-refractivity contribution in [1.29, 1.82) is 0 Å². The van der Waals surface area contributed by atoms with Gasteiger partial charge in [0, 0.05) is 31.0 Å². The van der Waals surface area contributed by atoms with Crippen molar-refractivity contribution in [2.24, 2.45) is 32.8 Å². The summed E-state index contributed by atoms with van der Waals surface area (Å²) in [6.07, 6.45) is 6.34. The van der Waals surface area contributed by atoms with Crippen molar-refractivity contribution in [2.45, 2.75) is 67.0 Å². The van der Waals surface area contributed by atoms with E-state index in [4.69, 9.17) is 10.1 Å². The van der Waals surface area contributed by atoms with Crippen LogP contribution in [0, 0.1) is 22.7 Å². The predicted octanol–water partition coefficient (Wildman–Crippen LogP) is 5.56. The van der Waals surface area contributed by atoms with Crippen molar-refractivity contribution in [3.63, 3.8) is 0 Å². The molecule has 2 fully saturated rings. The van der Waals surface area contributed by atoms with Crippen LogP contribution in [0.1, 0.15) is 66.4 Å². The van der Waals surface area contributed by atoms with Crippen LogP contribution in [0.5, 0.6) is 0 Å². The van der Waals surface area contributed by atoms with Crippen molar-refractivity contribution >= 4 is 17.3 Å². The minimum absolute atomic E-state index is 0.180. The zero-order valence-electron chi connectivity index (χ0n) is 20.7. The lowest BCUT2D eigenvalue weighted by molar-refractivity contribution is -0.589. The normalized spacial score (nSPS) is 34.3. The lowest BCUT2D eigenvalue weighted by Gasteiger charge is -2.34. The highest BCUT2D eigenvalue weighted by molar-refractivity contribution is 6.07. The van der Waals surface area contributed by atoms with Crippen molar-refractivity contribution in [3.8, 4) is 0 Å². The number of benzene rings is 1. The molecule has 4 nitrogen and oxygen atoms in total. The van der Waals surface area contributed by atoms with Crippen LogP contribution in [-0.2, 0) is 0 Å². The number of hydrogen-bond acceptors (Lipinski definition) is 3. The van der Waals surface area contributed by atoms with Crippen LogP contribution in [0.3, 0.4) is 0 Å². The molecule has 5 rings (SSSR count). The Labute approximate surface area is 192 Å². The SMILES string of the molecule is CCC(CC)=C(C)C12CC1C2(C)C(/C=C1/C(C)=N[N+]2=C(C)NC12)C(=NC)c1ccccc1. The minimum atomic E-state index is 0.180. The van der Waals surface area contributed by atoms with E-state index < -0.39 is 0 Å². The number of rotatable bonds is 7. The van der Waals surface area contributed by atoms with E-state index in [0.29, 0.717) is 5.41 Å². The fraction of sp³-hybridized carbons (Fsp3) is 0.536. The number of allylic oxidation sites excluding steroid dienone is 3. The van der Waals surface area contributed by atoms with E-state index in [-0.39, 0.29) is 17.5 Å². The summed E-state index contributed by atoms with van der Waals surface area (Å²) in [7, 11) is 1.96. The van der Waals surface area contributed by atoms with Gasteiger partial charge in [0.2, 0.25) is 0 Å². The van der Waals surface area contributed by atoms with Gasteiger partial charge in [-0.1, -0.05) is 78.1 Å². The number of amidine groups is 1. The fourth-order valence-electron chi connectivity index (χ4n) is 6.99. The van der Waals surface area contributed by atoms with E-state index in [1.807, 2.05) is 7.05 Å². The molecular formula is C28H37N4+. The van der Waals surface area contributed by atoms with Gasteiger partial charge in [-0.2, -0.15) is 0 Å². The Balaban J connectivity index is 1.61. The monoisotopic (exact) mass is 429 g/mol. The molecule has 4 heteroatoms. The second-order valence-electron chi connectivity index (χ2n) is 10.2. The first kappa shape index (κ1) is 21.4. The Bertz CT molecular complexity index is 1110. The molecule has 1 N–H and O–H groups in total. The number of aliphatic imine (C=N–C) groups is 1. The van der Waals surface area contributed by atoms with Crippen LogP contribution in [0.2, 0.25) is 0 Å². The molecule has 1 aromatic rings. The highest BCUT2D eigenvalue weighted by Crippen LogP contribution is 2.93. The smallest absolute Gasteiger partial charge is 0.285 e. The van der Waals surface area contributed by atoms with Crippen LogP contribution < -0.4 is 5.32 Å². The Morgan fingerprint density at radius 1 is 1.25 bits per heavy atom. The summed E-state index contributed by atoms with van der Waals surface area (Å²) in [5.41, 5.74) is 8.74. The van der Waals surface area contributed by atoms with E-state index in [2.05, 4.69) is 88.0 Å². The number of nitrogens with one attached hydrogen (secondary N) is 1. The first-order chi connectivity index (χ1) is 15.3. The maximum absolute atomic E-state index is 4.92. The second kappa shape index (κ2) is 7.26. The summed E-state index contributed by atoms with van der Waals surface area (Å²) in [6, 6.07) is 10.8. The molecule has 0 spiro atoms. The van der Waals surface area contributed by atoms with E-state index in [1.54, 1.807) is 11.1 Å². The molecule has 168 valence electrons. The number of fused-ring (bicyclic) bond motifs is 2. The lowest BCUT2D eigenvalue weighted by atomic mass is 9.70. The average molecular weight is 430 g/mol. The van der Waals surface area contributed by atoms with Gasteiger partial charge in [-0.15, -0.1) is 0 Å². The molecule has 0 bridgehead atoms. The van der Waals surface area contributed by atoms with Gasteiger partial charge in [-0.3, -0.25) is 4.99 Å². The van der Waals surface area contributed by atoms with Gasteiger partial charge >= 0.3 is 0 Å². The largest absolute Gasteiger partial charge is 0.292 e. The van der Waals surface area contributed by atoms with Crippen LogP contribution in [0.25, 0.3) is 0 Å². The third-order valence-electron chi connectivity index (χ3n) is 9.12. The molecule has 2 saturated carbocycles. The zero-order chi connectivity index (χ0) is 22.8. The summed E-state index contributed by atoms with van der Waals surface area (Å²) >= 11 is 0. The molecule has 32 heavy (non-hydrogen) atoms. The van der Waals surface area contributed by atoms with Gasteiger partial charge in [-0.25, -0.2) is 5.32 Å². The Kier molecular flexibility index (Phi) is 4.85. The van der Waals surface area contributed by atoms with Gasteiger partial charge in [0.1, 0.15) is 0 Å². The van der Waals surface area contributed by atoms with E-state index in [1.165, 1.54) is 23.3 Å². The summed E-state index contributed by atoms with van der Waals surface area (Å²) in [5.74, 6) is 2.15. The van der Waals surface area contributed by atoms with Gasteiger partial charge < -0.3 is 0 Å². The highest BCUT2D eigenvalue weighted by Gasteiger charge is 2.88. The molecule has 5 atom stereocenters. The molecule has 5 unspecified atom stereocenters. The maximum Gasteiger partial charge on any atom is 0.285 e. The molecule has 0 aromatic heterocycles. The molecule has 0 radical (unpaired) electrons. The van der Waals surface area contributed by atoms with Crippen LogP contribution in [0.15, 0.2) is 63.2 Å². The maximum atomic E-state index is 4.92. The predicted molar refractivity (Wildman–Crippen MR) is 133 cm³/mol. The summed E-state index contributed by atoms with van der Waals surface area (Å²) in [5, 5.41) is 8.36. The molecule has 4 aliphatic rings. The topological polar surface area (TPSA) is 39.8 Å². The van der Waals surface area contributed by atoms with Gasteiger partial charge in [-0.05, 0) is 50.0 Å². The van der Waals surface area contributed by atoms with Gasteiger partial charge in [0.15, 0.2) is 0 Å². The van der Waals surface area contributed by atoms with E-state index in [9.17, 15) is 0 Å². The fourth-order valence-corrected chi connectivity index (χ4v) is 6.99. The molecule has 2 aliphatic heterocycles. The first-order valence-electron chi connectivity index (χ1n) is 12.2. The summed E-state index contributed by atoms with van der Waals surface area (Å²) in [4.78, 5) is 4.92. The summed E-state index contributed by atoms with van der Waals surface area (Å²) in [6.45, 7) is 13.8. The zero-order valence-corrected chi connectivity index (χ0v) is 20.7. The standard InChI is InChI=1S/C28H36N4/c1-8-20(9-2)17(3)28-16-24(28)27(28,6)23(25(29-7)21-13-11-10-12-14-21)15-22-18(4)31-32-19(5)30-26(22)32/h10-15,23-24,26H,8-9,16H2,1-7H3/p+1/b22-15-,29-25?. The number of hydrogen-bond donors (Lipinski definition) is 1. The lowest BCUT2D eigenvalue weighted by Crippen LogP contribution is -2.54. The quantitative estimate of drug-likeness (QED) is 0.344.